The first-order chi connectivity index (χ1) is 12.1. The number of carbonyl (C=O) groups excluding carboxylic acids is 2. The van der Waals surface area contributed by atoms with Crippen LogP contribution in [0.25, 0.3) is 0 Å². The number of benzene rings is 2. The number of esters is 1. The molecule has 0 aliphatic carbocycles. The topological polar surface area (TPSA) is 55.8 Å². The summed E-state index contributed by atoms with van der Waals surface area (Å²) >= 11 is 7.27. The van der Waals surface area contributed by atoms with E-state index in [2.05, 4.69) is 0 Å². The van der Waals surface area contributed by atoms with E-state index in [1.165, 1.54) is 16.7 Å². The Morgan fingerprint density at radius 2 is 1.88 bits per heavy atom. The molecule has 25 heavy (non-hydrogen) atoms. The van der Waals surface area contributed by atoms with E-state index in [4.69, 9.17) is 21.1 Å². The van der Waals surface area contributed by atoms with Gasteiger partial charge in [-0.3, -0.25) is 14.5 Å². The summed E-state index contributed by atoms with van der Waals surface area (Å²) in [4.78, 5) is 26.6. The Morgan fingerprint density at radius 3 is 2.68 bits per heavy atom. The zero-order valence-corrected chi connectivity index (χ0v) is 14.9. The highest BCUT2D eigenvalue weighted by molar-refractivity contribution is 8.00. The van der Waals surface area contributed by atoms with Crippen molar-refractivity contribution in [2.75, 3.05) is 30.4 Å². The van der Waals surface area contributed by atoms with Gasteiger partial charge in [0.1, 0.15) is 25.5 Å². The minimum Gasteiger partial charge on any atom is -0.490 e. The van der Waals surface area contributed by atoms with Gasteiger partial charge in [0, 0.05) is 9.92 Å². The molecular weight excluding hydrogens is 362 g/mol. The van der Waals surface area contributed by atoms with Crippen LogP contribution >= 0.6 is 23.4 Å². The number of nitrogens with zero attached hydrogens (tertiary/aromatic N) is 1. The summed E-state index contributed by atoms with van der Waals surface area (Å²) in [6.45, 7) is 0.241. The highest BCUT2D eigenvalue weighted by Gasteiger charge is 2.26. The van der Waals surface area contributed by atoms with E-state index >= 15 is 0 Å². The van der Waals surface area contributed by atoms with Crippen LogP contribution in [0.3, 0.4) is 0 Å². The van der Waals surface area contributed by atoms with Gasteiger partial charge in [-0.05, 0) is 36.4 Å². The SMILES string of the molecule is O=C(CN1C(=O)CSc2ccccc21)OCCOc1ccc(Cl)cc1. The Morgan fingerprint density at radius 1 is 1.12 bits per heavy atom. The van der Waals surface area contributed by atoms with Crippen molar-refractivity contribution in [2.45, 2.75) is 4.90 Å². The van der Waals surface area contributed by atoms with Crippen molar-refractivity contribution >= 4 is 40.9 Å². The molecule has 0 fully saturated rings. The molecule has 1 heterocycles. The lowest BCUT2D eigenvalue weighted by Crippen LogP contribution is -2.40. The van der Waals surface area contributed by atoms with Crippen LogP contribution in [0.5, 0.6) is 5.75 Å². The fourth-order valence-corrected chi connectivity index (χ4v) is 3.41. The molecule has 0 unspecified atom stereocenters. The zero-order valence-electron chi connectivity index (χ0n) is 13.3. The smallest absolute Gasteiger partial charge is 0.326 e. The number of para-hydroxylation sites is 1. The number of thioether (sulfide) groups is 1. The van der Waals surface area contributed by atoms with Crippen LogP contribution in [0.15, 0.2) is 53.4 Å². The van der Waals surface area contributed by atoms with Crippen LogP contribution in [0.4, 0.5) is 5.69 Å². The van der Waals surface area contributed by atoms with Gasteiger partial charge in [0.25, 0.3) is 0 Å². The van der Waals surface area contributed by atoms with E-state index in [1.54, 1.807) is 24.3 Å². The van der Waals surface area contributed by atoms with Crippen molar-refractivity contribution in [2.24, 2.45) is 0 Å². The average molecular weight is 378 g/mol. The van der Waals surface area contributed by atoms with Gasteiger partial charge < -0.3 is 9.47 Å². The third-order valence-corrected chi connectivity index (χ3v) is 4.82. The fourth-order valence-electron chi connectivity index (χ4n) is 2.35. The summed E-state index contributed by atoms with van der Waals surface area (Å²) in [5.74, 6) is 0.412. The first-order valence-corrected chi connectivity index (χ1v) is 9.06. The number of halogens is 1. The highest BCUT2D eigenvalue weighted by atomic mass is 35.5. The fraction of sp³-hybridized carbons (Fsp3) is 0.222. The molecule has 0 radical (unpaired) electrons. The van der Waals surface area contributed by atoms with Crippen molar-refractivity contribution in [1.29, 1.82) is 0 Å². The summed E-state index contributed by atoms with van der Waals surface area (Å²) in [7, 11) is 0. The average Bonchev–Trinajstić information content (AvgIpc) is 2.63. The van der Waals surface area contributed by atoms with E-state index in [0.29, 0.717) is 16.5 Å². The molecular formula is C18H16ClNO4S. The van der Waals surface area contributed by atoms with Gasteiger partial charge >= 0.3 is 5.97 Å². The van der Waals surface area contributed by atoms with E-state index in [1.807, 2.05) is 24.3 Å². The summed E-state index contributed by atoms with van der Waals surface area (Å²) in [5, 5.41) is 0.628. The van der Waals surface area contributed by atoms with Crippen LogP contribution in [0.2, 0.25) is 5.02 Å². The lowest BCUT2D eigenvalue weighted by atomic mass is 10.2. The molecule has 0 N–H and O–H groups in total. The summed E-state index contributed by atoms with van der Waals surface area (Å²) < 4.78 is 10.6. The number of anilines is 1. The van der Waals surface area contributed by atoms with Crippen LogP contribution < -0.4 is 9.64 Å². The molecule has 7 heteroatoms. The number of hydrogen-bond donors (Lipinski definition) is 0. The number of ether oxygens (including phenoxy) is 2. The van der Waals surface area contributed by atoms with Gasteiger partial charge in [-0.15, -0.1) is 11.8 Å². The van der Waals surface area contributed by atoms with Crippen molar-refractivity contribution in [3.8, 4) is 5.75 Å². The molecule has 130 valence electrons. The number of fused-ring (bicyclic) bond motifs is 1. The van der Waals surface area contributed by atoms with Gasteiger partial charge in [-0.25, -0.2) is 0 Å². The number of rotatable bonds is 6. The van der Waals surface area contributed by atoms with Crippen molar-refractivity contribution in [3.05, 3.63) is 53.6 Å². The lowest BCUT2D eigenvalue weighted by Gasteiger charge is -2.27. The maximum atomic E-state index is 12.1. The van der Waals surface area contributed by atoms with E-state index < -0.39 is 5.97 Å². The molecule has 1 aliphatic heterocycles. The van der Waals surface area contributed by atoms with E-state index in [0.717, 1.165) is 10.6 Å². The molecule has 0 bridgehead atoms. The number of hydrogen-bond acceptors (Lipinski definition) is 5. The quantitative estimate of drug-likeness (QED) is 0.570. The Bertz CT molecular complexity index is 766. The summed E-state index contributed by atoms with van der Waals surface area (Å²) in [5.41, 5.74) is 0.748. The molecule has 5 nitrogen and oxygen atoms in total. The minimum absolute atomic E-state index is 0.0990. The second-order valence-electron chi connectivity index (χ2n) is 5.26. The van der Waals surface area contributed by atoms with Crippen molar-refractivity contribution < 1.29 is 19.1 Å². The summed E-state index contributed by atoms with van der Waals surface area (Å²) in [6, 6.07) is 14.4. The molecule has 2 aromatic rings. The zero-order chi connectivity index (χ0) is 17.6. The van der Waals surface area contributed by atoms with Gasteiger partial charge in [-0.1, -0.05) is 23.7 Å². The monoisotopic (exact) mass is 377 g/mol. The summed E-state index contributed by atoms with van der Waals surface area (Å²) in [6.07, 6.45) is 0. The molecule has 0 atom stereocenters. The van der Waals surface area contributed by atoms with Crippen molar-refractivity contribution in [3.63, 3.8) is 0 Å². The number of amides is 1. The van der Waals surface area contributed by atoms with Crippen LogP contribution in [0, 0.1) is 0 Å². The molecule has 0 saturated heterocycles. The highest BCUT2D eigenvalue weighted by Crippen LogP contribution is 2.34. The Balaban J connectivity index is 1.48. The predicted molar refractivity (Wildman–Crippen MR) is 97.4 cm³/mol. The molecule has 0 aromatic heterocycles. The second kappa shape index (κ2) is 8.27. The largest absolute Gasteiger partial charge is 0.490 e. The Labute approximate surface area is 154 Å². The maximum Gasteiger partial charge on any atom is 0.326 e. The van der Waals surface area contributed by atoms with Gasteiger partial charge in [0.15, 0.2) is 0 Å². The van der Waals surface area contributed by atoms with E-state index in [9.17, 15) is 9.59 Å². The van der Waals surface area contributed by atoms with Crippen LogP contribution in [0.1, 0.15) is 0 Å². The second-order valence-corrected chi connectivity index (χ2v) is 6.71. The Kier molecular flexibility index (Phi) is 5.83. The molecule has 2 aromatic carbocycles. The van der Waals surface area contributed by atoms with Crippen LogP contribution in [-0.4, -0.2) is 37.4 Å². The van der Waals surface area contributed by atoms with Crippen molar-refractivity contribution in [1.82, 2.24) is 0 Å². The Hall–Kier alpha value is -2.18. The standard InChI is InChI=1S/C18H16ClNO4S/c19-13-5-7-14(8-6-13)23-9-10-24-18(22)11-20-15-3-1-2-4-16(15)25-12-17(20)21/h1-8H,9-12H2. The predicted octanol–water partition coefficient (Wildman–Crippen LogP) is 3.40. The molecule has 0 saturated carbocycles. The van der Waals surface area contributed by atoms with Gasteiger partial charge in [-0.2, -0.15) is 0 Å². The molecule has 3 rings (SSSR count). The van der Waals surface area contributed by atoms with E-state index in [-0.39, 0.29) is 25.7 Å². The van der Waals surface area contributed by atoms with Gasteiger partial charge in [0.05, 0.1) is 11.4 Å². The first-order valence-electron chi connectivity index (χ1n) is 7.69. The third kappa shape index (κ3) is 4.67. The number of carbonyl (C=O) groups is 2. The first kappa shape index (κ1) is 17.6. The molecule has 0 spiro atoms. The minimum atomic E-state index is -0.463. The molecule has 1 aliphatic rings. The van der Waals surface area contributed by atoms with Crippen LogP contribution in [-0.2, 0) is 14.3 Å². The third-order valence-electron chi connectivity index (χ3n) is 3.52. The normalized spacial score (nSPS) is 13.3. The van der Waals surface area contributed by atoms with Gasteiger partial charge in [0.2, 0.25) is 5.91 Å². The lowest BCUT2D eigenvalue weighted by molar-refractivity contribution is -0.143. The molecule has 1 amide bonds. The maximum absolute atomic E-state index is 12.1.